The van der Waals surface area contributed by atoms with Gasteiger partial charge in [0, 0.05) is 25.2 Å². The third kappa shape index (κ3) is 4.43. The molecule has 5 rings (SSSR count). The van der Waals surface area contributed by atoms with E-state index < -0.39 is 26.7 Å². The van der Waals surface area contributed by atoms with Gasteiger partial charge in [-0.05, 0) is 55.4 Å². The summed E-state index contributed by atoms with van der Waals surface area (Å²) in [5.41, 5.74) is 0.383. The zero-order valence-corrected chi connectivity index (χ0v) is 19.0. The van der Waals surface area contributed by atoms with Crippen molar-refractivity contribution >= 4 is 33.1 Å². The molecule has 1 aromatic carbocycles. The highest BCUT2D eigenvalue weighted by molar-refractivity contribution is 7.92. The predicted octanol–water partition coefficient (Wildman–Crippen LogP) is 4.49. The van der Waals surface area contributed by atoms with Crippen molar-refractivity contribution in [2.45, 2.75) is 49.1 Å². The van der Waals surface area contributed by atoms with Crippen molar-refractivity contribution in [2.24, 2.45) is 11.8 Å². The Morgan fingerprint density at radius 1 is 1.09 bits per heavy atom. The molecule has 2 aromatic rings. The molecule has 0 radical (unpaired) electrons. The molecular weight excluding hydrogens is 458 g/mol. The second-order valence-electron chi connectivity index (χ2n) is 9.03. The van der Waals surface area contributed by atoms with Gasteiger partial charge in [0.15, 0.2) is 0 Å². The van der Waals surface area contributed by atoms with Crippen LogP contribution in [0.15, 0.2) is 35.2 Å². The summed E-state index contributed by atoms with van der Waals surface area (Å²) in [5.74, 6) is -0.348. The van der Waals surface area contributed by atoms with Gasteiger partial charge in [0.05, 0.1) is 10.7 Å². The number of pyridine rings is 1. The number of nitrogens with one attached hydrogen (secondary N) is 2. The van der Waals surface area contributed by atoms with Crippen LogP contribution in [0.2, 0.25) is 5.02 Å². The van der Waals surface area contributed by atoms with E-state index in [0.29, 0.717) is 11.7 Å². The smallest absolute Gasteiger partial charge is 0.266 e. The number of benzene rings is 1. The average Bonchev–Trinajstić information content (AvgIpc) is 3.35. The maximum absolute atomic E-state index is 14.9. The van der Waals surface area contributed by atoms with Crippen LogP contribution < -0.4 is 10.0 Å². The number of rotatable bonds is 6. The maximum atomic E-state index is 14.9. The molecule has 1 aromatic heterocycles. The number of nitrogens with zero attached hydrogens (tertiary/aromatic N) is 2. The molecule has 1 aliphatic heterocycles. The first kappa shape index (κ1) is 21.9. The van der Waals surface area contributed by atoms with Crippen LogP contribution >= 0.6 is 11.6 Å². The highest BCUT2D eigenvalue weighted by Crippen LogP contribution is 2.47. The zero-order valence-electron chi connectivity index (χ0n) is 17.4. The lowest BCUT2D eigenvalue weighted by atomic mass is 9.89. The molecule has 4 atom stereocenters. The van der Waals surface area contributed by atoms with Gasteiger partial charge in [-0.15, -0.1) is 0 Å². The van der Waals surface area contributed by atoms with Crippen LogP contribution in [-0.4, -0.2) is 43.5 Å². The fraction of sp³-hybridized carbons (Fsp3) is 0.500. The number of fused-ring (bicyclic) bond motifs is 1. The monoisotopic (exact) mass is 482 g/mol. The van der Waals surface area contributed by atoms with Gasteiger partial charge in [0.25, 0.3) is 10.0 Å². The van der Waals surface area contributed by atoms with E-state index in [9.17, 15) is 17.2 Å². The summed E-state index contributed by atoms with van der Waals surface area (Å²) in [6, 6.07) is 6.39. The molecule has 1 saturated heterocycles. The van der Waals surface area contributed by atoms with Crippen molar-refractivity contribution in [3.05, 3.63) is 47.1 Å². The van der Waals surface area contributed by atoms with E-state index in [1.807, 2.05) is 0 Å². The minimum atomic E-state index is -4.33. The van der Waals surface area contributed by atoms with E-state index in [2.05, 4.69) is 19.9 Å². The van der Waals surface area contributed by atoms with Gasteiger partial charge in [0.1, 0.15) is 16.5 Å². The van der Waals surface area contributed by atoms with Gasteiger partial charge in [0.2, 0.25) is 5.95 Å². The van der Waals surface area contributed by atoms with Gasteiger partial charge in [-0.2, -0.15) is 4.39 Å². The summed E-state index contributed by atoms with van der Waals surface area (Å²) in [6.45, 7) is 2.26. The summed E-state index contributed by atoms with van der Waals surface area (Å²) in [7, 11) is -4.33. The Labute approximate surface area is 191 Å². The maximum Gasteiger partial charge on any atom is 0.266 e. The van der Waals surface area contributed by atoms with E-state index in [0.717, 1.165) is 62.4 Å². The van der Waals surface area contributed by atoms with Crippen LogP contribution in [0.3, 0.4) is 0 Å². The number of halogens is 3. The largest absolute Gasteiger partial charge is 0.379 e. The predicted molar refractivity (Wildman–Crippen MR) is 119 cm³/mol. The fourth-order valence-corrected chi connectivity index (χ4v) is 6.50. The summed E-state index contributed by atoms with van der Waals surface area (Å²) >= 11 is 6.38. The minimum Gasteiger partial charge on any atom is -0.379 e. The van der Waals surface area contributed by atoms with Crippen molar-refractivity contribution in [3.63, 3.8) is 0 Å². The van der Waals surface area contributed by atoms with Crippen LogP contribution in [0.5, 0.6) is 0 Å². The highest BCUT2D eigenvalue weighted by Gasteiger charge is 2.48. The first-order valence-electron chi connectivity index (χ1n) is 10.9. The Bertz CT molecular complexity index is 1120. The van der Waals surface area contributed by atoms with Crippen LogP contribution in [-0.2, 0) is 10.0 Å². The van der Waals surface area contributed by atoms with Gasteiger partial charge in [-0.3, -0.25) is 9.62 Å². The van der Waals surface area contributed by atoms with Crippen molar-refractivity contribution < 1.29 is 17.2 Å². The van der Waals surface area contributed by atoms with Crippen molar-refractivity contribution in [3.8, 4) is 0 Å². The molecule has 3 unspecified atom stereocenters. The summed E-state index contributed by atoms with van der Waals surface area (Å²) in [5, 5.41) is 3.51. The first-order chi connectivity index (χ1) is 15.3. The Balaban J connectivity index is 1.35. The van der Waals surface area contributed by atoms with Gasteiger partial charge < -0.3 is 5.32 Å². The van der Waals surface area contributed by atoms with E-state index >= 15 is 0 Å². The topological polar surface area (TPSA) is 74.3 Å². The third-order valence-electron chi connectivity index (χ3n) is 6.81. The molecule has 2 heterocycles. The molecule has 2 aliphatic carbocycles. The quantitative estimate of drug-likeness (QED) is 0.593. The molecule has 0 amide bonds. The molecule has 3 aliphatic rings. The number of hydrogen-bond donors (Lipinski definition) is 2. The number of hydrogen-bond acceptors (Lipinski definition) is 5. The Kier molecular flexibility index (Phi) is 5.75. The van der Waals surface area contributed by atoms with Gasteiger partial charge >= 0.3 is 0 Å². The lowest BCUT2D eigenvalue weighted by Gasteiger charge is -2.39. The third-order valence-corrected chi connectivity index (χ3v) is 8.49. The number of anilines is 2. The molecule has 0 bridgehead atoms. The van der Waals surface area contributed by atoms with Crippen LogP contribution in [0.4, 0.5) is 20.3 Å². The second-order valence-corrected chi connectivity index (χ2v) is 11.1. The number of likely N-dealkylation sites (tertiary alicyclic amines) is 1. The average molecular weight is 483 g/mol. The number of sulfonamides is 1. The van der Waals surface area contributed by atoms with E-state index in [4.69, 9.17) is 11.6 Å². The van der Waals surface area contributed by atoms with Crippen molar-refractivity contribution in [2.75, 3.05) is 23.1 Å². The molecule has 2 saturated carbocycles. The summed E-state index contributed by atoms with van der Waals surface area (Å²) < 4.78 is 55.6. The molecule has 10 heteroatoms. The van der Waals surface area contributed by atoms with E-state index in [-0.39, 0.29) is 16.9 Å². The molecule has 0 spiro atoms. The highest BCUT2D eigenvalue weighted by atomic mass is 35.5. The normalized spacial score (nSPS) is 27.7. The Hall–Kier alpha value is -1.97. The van der Waals surface area contributed by atoms with Crippen LogP contribution in [0, 0.1) is 23.6 Å². The molecule has 32 heavy (non-hydrogen) atoms. The van der Waals surface area contributed by atoms with Gasteiger partial charge in [-0.1, -0.05) is 30.5 Å². The van der Waals surface area contributed by atoms with Gasteiger partial charge in [-0.25, -0.2) is 17.8 Å². The molecule has 172 valence electrons. The molecular formula is C22H25ClF2N4O2S. The van der Waals surface area contributed by atoms with Crippen molar-refractivity contribution in [1.29, 1.82) is 0 Å². The molecule has 6 nitrogen and oxygen atoms in total. The van der Waals surface area contributed by atoms with Crippen LogP contribution in [0.1, 0.15) is 32.1 Å². The molecule has 3 fully saturated rings. The van der Waals surface area contributed by atoms with E-state index in [1.165, 1.54) is 25.0 Å². The Morgan fingerprint density at radius 2 is 1.84 bits per heavy atom. The summed E-state index contributed by atoms with van der Waals surface area (Å²) in [4.78, 5) is 5.39. The number of aromatic nitrogens is 1. The standard InChI is InChI=1S/C22H25ClF2N4O2S/c23-15-9-20(32(30,31)28-22-7-3-6-21(25)27-22)16(24)10-18(15)26-17-4-1-2-5-19(17)29-11-13-8-14(13)12-29/h3,6-7,9-10,13-14,17,19,26H,1-2,4-5,8,11-12H2,(H,27,28)/t13?,14?,17?,19-/m0/s1. The molecule has 2 N–H and O–H groups in total. The first-order valence-corrected chi connectivity index (χ1v) is 12.8. The SMILES string of the molecule is O=S(=O)(Nc1cccc(F)n1)c1cc(Cl)c(NC2CCCC[C@@H]2N2CC3CC3C2)cc1F. The van der Waals surface area contributed by atoms with Crippen molar-refractivity contribution in [1.82, 2.24) is 9.88 Å². The zero-order chi connectivity index (χ0) is 22.5. The minimum absolute atomic E-state index is 0.118. The Morgan fingerprint density at radius 3 is 2.59 bits per heavy atom. The second kappa shape index (κ2) is 8.43. The lowest BCUT2D eigenvalue weighted by Crippen LogP contribution is -2.48. The number of piperidine rings is 1. The fourth-order valence-electron chi connectivity index (χ4n) is 5.12. The van der Waals surface area contributed by atoms with E-state index in [1.54, 1.807) is 0 Å². The van der Waals surface area contributed by atoms with Crippen LogP contribution in [0.25, 0.3) is 0 Å². The lowest BCUT2D eigenvalue weighted by molar-refractivity contribution is 0.161. The summed E-state index contributed by atoms with van der Waals surface area (Å²) in [6.07, 6.45) is 5.66.